The van der Waals surface area contributed by atoms with Crippen LogP contribution in [-0.2, 0) is 16.6 Å². The van der Waals surface area contributed by atoms with Gasteiger partial charge in [0.1, 0.15) is 5.82 Å². The molecule has 1 fully saturated rings. The third-order valence-corrected chi connectivity index (χ3v) is 5.41. The molecule has 2 aromatic heterocycles. The van der Waals surface area contributed by atoms with Crippen LogP contribution in [0.1, 0.15) is 18.7 Å². The molecular formula is C13H17N5O3S. The highest BCUT2D eigenvalue weighted by Gasteiger charge is 2.27. The normalized spacial score (nSPS) is 18.2. The summed E-state index contributed by atoms with van der Waals surface area (Å²) >= 11 is 0. The molecule has 1 aliphatic rings. The fourth-order valence-electron chi connectivity index (χ4n) is 2.31. The molecule has 1 saturated heterocycles. The van der Waals surface area contributed by atoms with E-state index in [2.05, 4.69) is 20.4 Å². The average Bonchev–Trinajstić information content (AvgIpc) is 2.98. The monoisotopic (exact) mass is 323 g/mol. The van der Waals surface area contributed by atoms with Gasteiger partial charge in [-0.2, -0.15) is 9.29 Å². The van der Waals surface area contributed by atoms with Gasteiger partial charge in [0.25, 0.3) is 0 Å². The predicted octanol–water partition coefficient (Wildman–Crippen LogP) is 1.10. The molecule has 0 saturated carbocycles. The van der Waals surface area contributed by atoms with E-state index in [0.29, 0.717) is 30.5 Å². The van der Waals surface area contributed by atoms with Crippen LogP contribution < -0.4 is 5.32 Å². The maximum absolute atomic E-state index is 12.0. The van der Waals surface area contributed by atoms with Crippen molar-refractivity contribution in [3.05, 3.63) is 24.2 Å². The Morgan fingerprint density at radius 2 is 2.27 bits per heavy atom. The van der Waals surface area contributed by atoms with E-state index in [4.69, 9.17) is 4.52 Å². The second-order valence-electron chi connectivity index (χ2n) is 5.05. The van der Waals surface area contributed by atoms with E-state index >= 15 is 0 Å². The third kappa shape index (κ3) is 3.09. The lowest BCUT2D eigenvalue weighted by Gasteiger charge is -2.24. The van der Waals surface area contributed by atoms with E-state index < -0.39 is 10.0 Å². The summed E-state index contributed by atoms with van der Waals surface area (Å²) in [5, 5.41) is 6.85. The van der Waals surface area contributed by atoms with Gasteiger partial charge >= 0.3 is 0 Å². The van der Waals surface area contributed by atoms with Crippen molar-refractivity contribution in [2.24, 2.45) is 0 Å². The molecule has 1 aliphatic heterocycles. The molecule has 8 nitrogen and oxygen atoms in total. The van der Waals surface area contributed by atoms with Gasteiger partial charge in [-0.3, -0.25) is 0 Å². The van der Waals surface area contributed by atoms with Crippen LogP contribution in [0.5, 0.6) is 0 Å². The Hall–Kier alpha value is -2.00. The topological polar surface area (TPSA) is 101 Å². The molecule has 0 unspecified atom stereocenters. The average molecular weight is 323 g/mol. The minimum Gasteiger partial charge on any atom is -0.373 e. The Morgan fingerprint density at radius 3 is 3.05 bits per heavy atom. The van der Waals surface area contributed by atoms with Crippen molar-refractivity contribution in [2.45, 2.75) is 19.4 Å². The van der Waals surface area contributed by atoms with Crippen LogP contribution in [0.4, 0.5) is 5.82 Å². The number of hydrogen-bond acceptors (Lipinski definition) is 7. The number of hydrogen-bond donors (Lipinski definition) is 1. The number of rotatable bonds is 4. The zero-order chi connectivity index (χ0) is 15.6. The molecule has 0 spiro atoms. The van der Waals surface area contributed by atoms with Gasteiger partial charge in [-0.25, -0.2) is 13.4 Å². The molecule has 0 radical (unpaired) electrons. The number of nitrogens with zero attached hydrogens (tertiary/aromatic N) is 4. The van der Waals surface area contributed by atoms with Crippen molar-refractivity contribution in [3.63, 3.8) is 0 Å². The third-order valence-electron chi connectivity index (χ3n) is 3.51. The standard InChI is InChI=1S/C13H17N5O3S/c1-14-11-8-10(4-5-15-11)13-16-12(21-17-13)9-18-6-2-3-7-22(18,19)20/h4-5,8H,2-3,6-7,9H2,1H3,(H,14,15). The van der Waals surface area contributed by atoms with E-state index in [9.17, 15) is 8.42 Å². The van der Waals surface area contributed by atoms with Gasteiger partial charge in [-0.1, -0.05) is 5.16 Å². The highest BCUT2D eigenvalue weighted by molar-refractivity contribution is 7.89. The van der Waals surface area contributed by atoms with Gasteiger partial charge in [0.15, 0.2) is 0 Å². The highest BCUT2D eigenvalue weighted by Crippen LogP contribution is 2.20. The van der Waals surface area contributed by atoms with Crippen LogP contribution >= 0.6 is 0 Å². The van der Waals surface area contributed by atoms with E-state index in [1.165, 1.54) is 4.31 Å². The van der Waals surface area contributed by atoms with Crippen LogP contribution in [0.2, 0.25) is 0 Å². The molecule has 118 valence electrons. The van der Waals surface area contributed by atoms with Gasteiger partial charge in [0.05, 0.1) is 12.3 Å². The van der Waals surface area contributed by atoms with Crippen molar-refractivity contribution >= 4 is 15.8 Å². The van der Waals surface area contributed by atoms with Crippen molar-refractivity contribution < 1.29 is 12.9 Å². The number of anilines is 1. The zero-order valence-electron chi connectivity index (χ0n) is 12.2. The number of pyridine rings is 1. The van der Waals surface area contributed by atoms with Crippen LogP contribution in [0, 0.1) is 0 Å². The minimum atomic E-state index is -3.20. The SMILES string of the molecule is CNc1cc(-c2noc(CN3CCCCS3(=O)=O)n2)ccn1. The van der Waals surface area contributed by atoms with Gasteiger partial charge < -0.3 is 9.84 Å². The van der Waals surface area contributed by atoms with Crippen molar-refractivity contribution in [3.8, 4) is 11.4 Å². The molecule has 0 bridgehead atoms. The Bertz CT molecular complexity index is 759. The lowest BCUT2D eigenvalue weighted by Crippen LogP contribution is -2.37. The summed E-state index contributed by atoms with van der Waals surface area (Å²) in [4.78, 5) is 8.39. The Labute approximate surface area is 128 Å². The summed E-state index contributed by atoms with van der Waals surface area (Å²) in [6.07, 6.45) is 3.21. The summed E-state index contributed by atoms with van der Waals surface area (Å²) in [6, 6.07) is 3.57. The Morgan fingerprint density at radius 1 is 1.41 bits per heavy atom. The number of aromatic nitrogens is 3. The van der Waals surface area contributed by atoms with Crippen molar-refractivity contribution in [1.82, 2.24) is 19.4 Å². The molecule has 0 amide bonds. The first-order chi connectivity index (χ1) is 10.6. The minimum absolute atomic E-state index is 0.124. The summed E-state index contributed by atoms with van der Waals surface area (Å²) in [7, 11) is -1.43. The predicted molar refractivity (Wildman–Crippen MR) is 80.5 cm³/mol. The first-order valence-electron chi connectivity index (χ1n) is 7.03. The summed E-state index contributed by atoms with van der Waals surface area (Å²) in [6.45, 7) is 0.624. The van der Waals surface area contributed by atoms with Gasteiger partial charge in [0.2, 0.25) is 21.7 Å². The van der Waals surface area contributed by atoms with E-state index in [1.54, 1.807) is 25.4 Å². The molecule has 3 heterocycles. The molecular weight excluding hydrogens is 306 g/mol. The van der Waals surface area contributed by atoms with Gasteiger partial charge in [-0.15, -0.1) is 0 Å². The van der Waals surface area contributed by atoms with Crippen LogP contribution in [-0.4, -0.2) is 47.2 Å². The van der Waals surface area contributed by atoms with E-state index in [0.717, 1.165) is 12.0 Å². The van der Waals surface area contributed by atoms with Gasteiger partial charge in [0, 0.05) is 25.4 Å². The summed E-state index contributed by atoms with van der Waals surface area (Å²) in [5.41, 5.74) is 0.760. The van der Waals surface area contributed by atoms with Crippen LogP contribution in [0.25, 0.3) is 11.4 Å². The van der Waals surface area contributed by atoms with Crippen LogP contribution in [0.3, 0.4) is 0 Å². The molecule has 1 N–H and O–H groups in total. The molecule has 22 heavy (non-hydrogen) atoms. The molecule has 0 aromatic carbocycles. The van der Waals surface area contributed by atoms with E-state index in [1.807, 2.05) is 0 Å². The van der Waals surface area contributed by atoms with Crippen LogP contribution in [0.15, 0.2) is 22.9 Å². The van der Waals surface area contributed by atoms with E-state index in [-0.39, 0.29) is 12.3 Å². The maximum Gasteiger partial charge on any atom is 0.242 e. The van der Waals surface area contributed by atoms with Crippen molar-refractivity contribution in [2.75, 3.05) is 24.7 Å². The second kappa shape index (κ2) is 6.01. The van der Waals surface area contributed by atoms with Gasteiger partial charge in [-0.05, 0) is 25.0 Å². The fraction of sp³-hybridized carbons (Fsp3) is 0.462. The smallest absolute Gasteiger partial charge is 0.242 e. The molecule has 3 rings (SSSR count). The Balaban J connectivity index is 1.79. The summed E-state index contributed by atoms with van der Waals surface area (Å²) in [5.74, 6) is 1.60. The lowest BCUT2D eigenvalue weighted by atomic mass is 10.2. The first-order valence-corrected chi connectivity index (χ1v) is 8.64. The Kier molecular flexibility index (Phi) is 4.08. The maximum atomic E-state index is 12.0. The zero-order valence-corrected chi connectivity index (χ0v) is 13.0. The first kappa shape index (κ1) is 14.9. The molecule has 0 atom stereocenters. The lowest BCUT2D eigenvalue weighted by molar-refractivity contribution is 0.305. The quantitative estimate of drug-likeness (QED) is 0.899. The largest absolute Gasteiger partial charge is 0.373 e. The number of nitrogens with one attached hydrogen (secondary N) is 1. The molecule has 9 heteroatoms. The molecule has 2 aromatic rings. The fourth-order valence-corrected chi connectivity index (χ4v) is 3.85. The van der Waals surface area contributed by atoms with Crippen molar-refractivity contribution in [1.29, 1.82) is 0 Å². The second-order valence-corrected chi connectivity index (χ2v) is 7.14. The number of sulfonamides is 1. The molecule has 0 aliphatic carbocycles. The summed E-state index contributed by atoms with van der Waals surface area (Å²) < 4.78 is 30.5. The highest BCUT2D eigenvalue weighted by atomic mass is 32.2.